The van der Waals surface area contributed by atoms with E-state index in [2.05, 4.69) is 21.0 Å². The lowest BCUT2D eigenvalue weighted by atomic mass is 10.4. The molecule has 1 aromatic rings. The Morgan fingerprint density at radius 3 is 2.79 bits per heavy atom. The molecule has 1 heterocycles. The van der Waals surface area contributed by atoms with Crippen molar-refractivity contribution in [2.24, 2.45) is 9.98 Å². The highest BCUT2D eigenvalue weighted by atomic mass is 35.5. The van der Waals surface area contributed by atoms with Gasteiger partial charge in [0, 0.05) is 26.8 Å². The number of anilines is 1. The average Bonchev–Trinajstić information content (AvgIpc) is 2.53. The van der Waals surface area contributed by atoms with Crippen molar-refractivity contribution in [3.63, 3.8) is 0 Å². The molecule has 0 saturated heterocycles. The quantitative estimate of drug-likeness (QED) is 0.772. The Kier molecular flexibility index (Phi) is 5.68. The Labute approximate surface area is 90.2 Å². The van der Waals surface area contributed by atoms with Crippen molar-refractivity contribution in [1.29, 1.82) is 0 Å². The predicted octanol–water partition coefficient (Wildman–Crippen LogP) is 2.33. The largest absolute Gasteiger partial charge is 0.375 e. The van der Waals surface area contributed by atoms with Gasteiger partial charge in [0.1, 0.15) is 0 Å². The van der Waals surface area contributed by atoms with Crippen LogP contribution in [0.2, 0.25) is 0 Å². The molecule has 0 saturated carbocycles. The van der Waals surface area contributed by atoms with E-state index in [1.165, 1.54) is 0 Å². The van der Waals surface area contributed by atoms with Gasteiger partial charge in [0.05, 0.1) is 11.7 Å². The first kappa shape index (κ1) is 12.8. The summed E-state index contributed by atoms with van der Waals surface area (Å²) < 4.78 is 0. The topological polar surface area (TPSA) is 43.8 Å². The second-order valence-corrected chi connectivity index (χ2v) is 2.79. The first-order chi connectivity index (χ1) is 6.25. The van der Waals surface area contributed by atoms with Gasteiger partial charge >= 0.3 is 0 Å². The third kappa shape index (κ3) is 3.24. The molecule has 0 aliphatic heterocycles. The molecule has 1 N–H and O–H groups in total. The number of halogens is 1. The summed E-state index contributed by atoms with van der Waals surface area (Å²) in [6.45, 7) is 2.66. The number of nitrogens with zero attached hydrogens (tertiary/aromatic N) is 3. The summed E-state index contributed by atoms with van der Waals surface area (Å²) in [5.41, 5.74) is 1.04. The van der Waals surface area contributed by atoms with E-state index in [0.717, 1.165) is 11.5 Å². The lowest BCUT2D eigenvalue weighted by Crippen LogP contribution is -2.07. The standard InChI is InChI=1S/C9H14N4.ClH/c1-4-10-7-12-9-8(13(2)3)5-6-11-9;/h5-6,11H,4H2,1-3H3;1H. The Hall–Kier alpha value is -1.25. The second-order valence-electron chi connectivity index (χ2n) is 2.79. The van der Waals surface area contributed by atoms with E-state index in [1.807, 2.05) is 38.2 Å². The van der Waals surface area contributed by atoms with Crippen LogP contribution >= 0.6 is 12.4 Å². The zero-order chi connectivity index (χ0) is 9.68. The number of aromatic amines is 1. The minimum atomic E-state index is 0. The Balaban J connectivity index is 0.00000169. The molecule has 0 bridgehead atoms. The summed E-state index contributed by atoms with van der Waals surface area (Å²) in [5.74, 6) is 0.794. The number of hydrogen-bond donors (Lipinski definition) is 1. The lowest BCUT2D eigenvalue weighted by molar-refractivity contribution is 1.12. The maximum atomic E-state index is 4.06. The highest BCUT2D eigenvalue weighted by molar-refractivity contribution is 5.85. The van der Waals surface area contributed by atoms with Gasteiger partial charge in [-0.1, -0.05) is 0 Å². The molecule has 78 valence electrons. The maximum absolute atomic E-state index is 4.06. The van der Waals surface area contributed by atoms with Crippen LogP contribution in [0.1, 0.15) is 6.92 Å². The Bertz CT molecular complexity index is 323. The fourth-order valence-corrected chi connectivity index (χ4v) is 0.959. The Morgan fingerprint density at radius 1 is 1.50 bits per heavy atom. The zero-order valence-electron chi connectivity index (χ0n) is 8.61. The van der Waals surface area contributed by atoms with Crippen molar-refractivity contribution in [3.8, 4) is 0 Å². The first-order valence-corrected chi connectivity index (χ1v) is 4.22. The molecule has 0 aliphatic rings. The van der Waals surface area contributed by atoms with Crippen LogP contribution in [0.3, 0.4) is 0 Å². The van der Waals surface area contributed by atoms with Gasteiger partial charge in [-0.25, -0.2) is 4.99 Å². The van der Waals surface area contributed by atoms with Crippen LogP contribution in [0.4, 0.5) is 11.5 Å². The van der Waals surface area contributed by atoms with Gasteiger partial charge < -0.3 is 9.88 Å². The first-order valence-electron chi connectivity index (χ1n) is 4.22. The molecule has 0 fully saturated rings. The molecule has 0 aromatic carbocycles. The third-order valence-corrected chi connectivity index (χ3v) is 1.58. The molecule has 1 rings (SSSR count). The monoisotopic (exact) mass is 214 g/mol. The van der Waals surface area contributed by atoms with Crippen LogP contribution in [0.25, 0.3) is 0 Å². The van der Waals surface area contributed by atoms with Crippen molar-refractivity contribution < 1.29 is 0 Å². The van der Waals surface area contributed by atoms with Crippen LogP contribution < -0.4 is 4.90 Å². The van der Waals surface area contributed by atoms with Gasteiger partial charge in [-0.15, -0.1) is 12.4 Å². The summed E-state index contributed by atoms with van der Waals surface area (Å²) in [7, 11) is 3.94. The van der Waals surface area contributed by atoms with Gasteiger partial charge in [0.2, 0.25) is 0 Å². The van der Waals surface area contributed by atoms with Gasteiger partial charge in [-0.2, -0.15) is 4.99 Å². The predicted molar refractivity (Wildman–Crippen MR) is 62.4 cm³/mol. The molecule has 0 amide bonds. The van der Waals surface area contributed by atoms with Crippen LogP contribution in [-0.4, -0.2) is 31.6 Å². The van der Waals surface area contributed by atoms with E-state index in [1.54, 1.807) is 0 Å². The second kappa shape index (κ2) is 6.24. The van der Waals surface area contributed by atoms with E-state index in [4.69, 9.17) is 0 Å². The molecular weight excluding hydrogens is 200 g/mol. The van der Waals surface area contributed by atoms with Crippen molar-refractivity contribution in [2.45, 2.75) is 6.92 Å². The Morgan fingerprint density at radius 2 is 2.21 bits per heavy atom. The minimum absolute atomic E-state index is 0. The number of rotatable bonds is 3. The SMILES string of the molecule is CCN=C=Nc1[nH]ccc1N(C)C.Cl. The molecular formula is C9H15ClN4. The molecule has 0 unspecified atom stereocenters. The number of aromatic nitrogens is 1. The summed E-state index contributed by atoms with van der Waals surface area (Å²) in [5, 5.41) is 0. The van der Waals surface area contributed by atoms with Gasteiger partial charge in [-0.3, -0.25) is 0 Å². The summed E-state index contributed by atoms with van der Waals surface area (Å²) >= 11 is 0. The number of nitrogens with one attached hydrogen (secondary N) is 1. The molecule has 0 spiro atoms. The highest BCUT2D eigenvalue weighted by Gasteiger charge is 2.02. The van der Waals surface area contributed by atoms with E-state index in [0.29, 0.717) is 6.54 Å². The minimum Gasteiger partial charge on any atom is -0.375 e. The summed E-state index contributed by atoms with van der Waals surface area (Å²) in [6, 6.07) is 4.59. The average molecular weight is 215 g/mol. The molecule has 14 heavy (non-hydrogen) atoms. The van der Waals surface area contributed by atoms with Crippen molar-refractivity contribution in [3.05, 3.63) is 12.3 Å². The molecule has 0 radical (unpaired) electrons. The van der Waals surface area contributed by atoms with Crippen molar-refractivity contribution in [1.82, 2.24) is 4.98 Å². The lowest BCUT2D eigenvalue weighted by Gasteiger charge is -2.09. The molecule has 5 heteroatoms. The van der Waals surface area contributed by atoms with Crippen LogP contribution in [0, 0.1) is 0 Å². The van der Waals surface area contributed by atoms with Gasteiger partial charge in [0.25, 0.3) is 0 Å². The number of hydrogen-bond acceptors (Lipinski definition) is 3. The van der Waals surface area contributed by atoms with E-state index in [-0.39, 0.29) is 12.4 Å². The zero-order valence-corrected chi connectivity index (χ0v) is 9.43. The fourth-order valence-electron chi connectivity index (χ4n) is 0.959. The molecule has 4 nitrogen and oxygen atoms in total. The molecule has 0 aliphatic carbocycles. The van der Waals surface area contributed by atoms with E-state index < -0.39 is 0 Å². The third-order valence-electron chi connectivity index (χ3n) is 1.58. The van der Waals surface area contributed by atoms with Crippen molar-refractivity contribution >= 4 is 29.9 Å². The fraction of sp³-hybridized carbons (Fsp3) is 0.444. The smallest absolute Gasteiger partial charge is 0.165 e. The number of aliphatic imine (C=N–C) groups is 2. The van der Waals surface area contributed by atoms with E-state index in [9.17, 15) is 0 Å². The van der Waals surface area contributed by atoms with Crippen molar-refractivity contribution in [2.75, 3.05) is 25.5 Å². The van der Waals surface area contributed by atoms with Crippen LogP contribution in [0.5, 0.6) is 0 Å². The maximum Gasteiger partial charge on any atom is 0.165 e. The highest BCUT2D eigenvalue weighted by Crippen LogP contribution is 2.23. The van der Waals surface area contributed by atoms with Gasteiger partial charge in [0.15, 0.2) is 5.82 Å². The van der Waals surface area contributed by atoms with Crippen LogP contribution in [0.15, 0.2) is 22.2 Å². The van der Waals surface area contributed by atoms with Gasteiger partial charge in [-0.05, 0) is 13.0 Å². The van der Waals surface area contributed by atoms with E-state index >= 15 is 0 Å². The molecule has 0 atom stereocenters. The molecule has 1 aromatic heterocycles. The normalized spacial score (nSPS) is 8.50. The summed E-state index contributed by atoms with van der Waals surface area (Å²) in [4.78, 5) is 13.0. The van der Waals surface area contributed by atoms with Crippen LogP contribution in [-0.2, 0) is 0 Å². The number of H-pyrrole nitrogens is 1. The summed E-state index contributed by atoms with van der Waals surface area (Å²) in [6.07, 6.45) is 1.85.